The average Bonchev–Trinajstić information content (AvgIpc) is 3.12. The van der Waals surface area contributed by atoms with Crippen molar-refractivity contribution >= 4 is 17.5 Å². The molecule has 2 fully saturated rings. The average molecular weight is 330 g/mol. The molecular formula is C19H30N4O. The van der Waals surface area contributed by atoms with Crippen molar-refractivity contribution in [3.8, 4) is 0 Å². The molecule has 1 unspecified atom stereocenters. The van der Waals surface area contributed by atoms with Crippen LogP contribution < -0.4 is 10.2 Å². The number of carbonyl (C=O) groups is 1. The highest BCUT2D eigenvalue weighted by Gasteiger charge is 2.26. The fraction of sp³-hybridized carbons (Fsp3) is 0.684. The van der Waals surface area contributed by atoms with Crippen LogP contribution in [0, 0.1) is 6.92 Å². The van der Waals surface area contributed by atoms with Crippen LogP contribution in [0.1, 0.15) is 57.6 Å². The van der Waals surface area contributed by atoms with Gasteiger partial charge < -0.3 is 15.1 Å². The monoisotopic (exact) mass is 330 g/mol. The van der Waals surface area contributed by atoms with Crippen LogP contribution in [0.5, 0.6) is 0 Å². The van der Waals surface area contributed by atoms with Gasteiger partial charge in [-0.05, 0) is 57.6 Å². The molecule has 2 aliphatic heterocycles. The van der Waals surface area contributed by atoms with Crippen LogP contribution in [0.15, 0.2) is 12.1 Å². The Labute approximate surface area is 145 Å². The second-order valence-corrected chi connectivity index (χ2v) is 7.06. The zero-order chi connectivity index (χ0) is 16.9. The summed E-state index contributed by atoms with van der Waals surface area (Å²) in [7, 11) is 0. The lowest BCUT2D eigenvalue weighted by molar-refractivity contribution is 0.157. The number of likely N-dealkylation sites (tertiary alicyclic amines) is 1. The maximum atomic E-state index is 12.7. The molecule has 24 heavy (non-hydrogen) atoms. The summed E-state index contributed by atoms with van der Waals surface area (Å²) in [5.41, 5.74) is 1.74. The highest BCUT2D eigenvalue weighted by atomic mass is 16.2. The van der Waals surface area contributed by atoms with Crippen molar-refractivity contribution in [2.45, 2.75) is 64.8 Å². The summed E-state index contributed by atoms with van der Waals surface area (Å²) < 4.78 is 0. The van der Waals surface area contributed by atoms with Gasteiger partial charge in [0.05, 0.1) is 11.4 Å². The molecule has 5 nitrogen and oxygen atoms in total. The van der Waals surface area contributed by atoms with E-state index in [2.05, 4.69) is 17.1 Å². The molecule has 1 atom stereocenters. The lowest BCUT2D eigenvalue weighted by Gasteiger charge is -2.35. The van der Waals surface area contributed by atoms with E-state index >= 15 is 0 Å². The summed E-state index contributed by atoms with van der Waals surface area (Å²) in [6.07, 6.45) is 8.18. The van der Waals surface area contributed by atoms with Crippen molar-refractivity contribution in [3.63, 3.8) is 0 Å². The van der Waals surface area contributed by atoms with Crippen molar-refractivity contribution < 1.29 is 4.79 Å². The van der Waals surface area contributed by atoms with Crippen LogP contribution in [-0.4, -0.2) is 41.6 Å². The van der Waals surface area contributed by atoms with Crippen molar-refractivity contribution in [2.24, 2.45) is 0 Å². The Morgan fingerprint density at radius 3 is 2.67 bits per heavy atom. The molecule has 2 amide bonds. The van der Waals surface area contributed by atoms with E-state index in [9.17, 15) is 4.79 Å². The second kappa shape index (κ2) is 7.86. The molecule has 0 spiro atoms. The molecule has 3 rings (SSSR count). The number of aromatic nitrogens is 1. The van der Waals surface area contributed by atoms with Gasteiger partial charge in [-0.2, -0.15) is 0 Å². The number of nitrogens with one attached hydrogen (secondary N) is 1. The first-order valence-corrected chi connectivity index (χ1v) is 9.49. The Kier molecular flexibility index (Phi) is 5.59. The minimum atomic E-state index is 0.0342. The van der Waals surface area contributed by atoms with Gasteiger partial charge in [0.15, 0.2) is 0 Å². The molecule has 0 bridgehead atoms. The minimum absolute atomic E-state index is 0.0342. The van der Waals surface area contributed by atoms with Crippen molar-refractivity contribution in [1.82, 2.24) is 9.88 Å². The predicted octanol–water partition coefficient (Wildman–Crippen LogP) is 4.18. The van der Waals surface area contributed by atoms with Gasteiger partial charge in [0.25, 0.3) is 0 Å². The van der Waals surface area contributed by atoms with Crippen LogP contribution in [-0.2, 0) is 0 Å². The number of hydrogen-bond donors (Lipinski definition) is 1. The van der Waals surface area contributed by atoms with Gasteiger partial charge in [-0.3, -0.25) is 0 Å². The first-order valence-electron chi connectivity index (χ1n) is 9.49. The maximum Gasteiger partial charge on any atom is 0.322 e. The van der Waals surface area contributed by atoms with E-state index in [-0.39, 0.29) is 6.03 Å². The van der Waals surface area contributed by atoms with Crippen LogP contribution in [0.2, 0.25) is 0 Å². The van der Waals surface area contributed by atoms with E-state index in [1.165, 1.54) is 19.3 Å². The lowest BCUT2D eigenvalue weighted by atomic mass is 9.99. The number of piperidine rings is 1. The molecule has 0 aromatic carbocycles. The fourth-order valence-corrected chi connectivity index (χ4v) is 3.89. The molecule has 3 heterocycles. The highest BCUT2D eigenvalue weighted by molar-refractivity contribution is 5.90. The Balaban J connectivity index is 1.67. The van der Waals surface area contributed by atoms with Crippen molar-refractivity contribution in [2.75, 3.05) is 29.9 Å². The Morgan fingerprint density at radius 1 is 1.21 bits per heavy atom. The summed E-state index contributed by atoms with van der Waals surface area (Å²) >= 11 is 0. The normalized spacial score (nSPS) is 21.2. The molecule has 2 aliphatic rings. The minimum Gasteiger partial charge on any atom is -0.357 e. The second-order valence-electron chi connectivity index (χ2n) is 7.06. The van der Waals surface area contributed by atoms with Crippen LogP contribution in [0.25, 0.3) is 0 Å². The van der Waals surface area contributed by atoms with Gasteiger partial charge in [0.2, 0.25) is 0 Å². The van der Waals surface area contributed by atoms with E-state index in [1.807, 2.05) is 24.0 Å². The van der Waals surface area contributed by atoms with Gasteiger partial charge in [0.1, 0.15) is 5.82 Å². The number of rotatable bonds is 4. The molecule has 2 saturated heterocycles. The fourth-order valence-electron chi connectivity index (χ4n) is 3.89. The third-order valence-electron chi connectivity index (χ3n) is 5.25. The van der Waals surface area contributed by atoms with E-state index in [4.69, 9.17) is 4.98 Å². The van der Waals surface area contributed by atoms with E-state index in [0.717, 1.165) is 62.5 Å². The SMILES string of the molecule is CCCC1CCCCN1C(=O)Nc1ccc(N2CCCC2)nc1C. The molecule has 1 aromatic rings. The van der Waals surface area contributed by atoms with Gasteiger partial charge in [-0.15, -0.1) is 0 Å². The van der Waals surface area contributed by atoms with Gasteiger partial charge in [0, 0.05) is 25.7 Å². The quantitative estimate of drug-likeness (QED) is 0.901. The first-order chi connectivity index (χ1) is 11.7. The van der Waals surface area contributed by atoms with E-state index < -0.39 is 0 Å². The van der Waals surface area contributed by atoms with Crippen LogP contribution >= 0.6 is 0 Å². The molecule has 0 radical (unpaired) electrons. The zero-order valence-corrected chi connectivity index (χ0v) is 15.1. The topological polar surface area (TPSA) is 48.5 Å². The number of pyridine rings is 1. The third-order valence-corrected chi connectivity index (χ3v) is 5.25. The third kappa shape index (κ3) is 3.82. The number of aryl methyl sites for hydroxylation is 1. The predicted molar refractivity (Wildman–Crippen MR) is 98.7 cm³/mol. The maximum absolute atomic E-state index is 12.7. The number of anilines is 2. The number of urea groups is 1. The molecule has 1 N–H and O–H groups in total. The Hall–Kier alpha value is -1.78. The van der Waals surface area contributed by atoms with E-state index in [1.54, 1.807) is 0 Å². The molecule has 5 heteroatoms. The summed E-state index contributed by atoms with van der Waals surface area (Å²) in [5, 5.41) is 3.09. The van der Waals surface area contributed by atoms with E-state index in [0.29, 0.717) is 6.04 Å². The largest absolute Gasteiger partial charge is 0.357 e. The number of amides is 2. The first kappa shape index (κ1) is 17.1. The lowest BCUT2D eigenvalue weighted by Crippen LogP contribution is -2.45. The molecule has 132 valence electrons. The van der Waals surface area contributed by atoms with Gasteiger partial charge in [-0.25, -0.2) is 9.78 Å². The summed E-state index contributed by atoms with van der Waals surface area (Å²) in [6, 6.07) is 4.47. The number of hydrogen-bond acceptors (Lipinski definition) is 3. The Bertz CT molecular complexity index is 566. The molecular weight excluding hydrogens is 300 g/mol. The highest BCUT2D eigenvalue weighted by Crippen LogP contribution is 2.24. The van der Waals surface area contributed by atoms with Crippen molar-refractivity contribution in [3.05, 3.63) is 17.8 Å². The van der Waals surface area contributed by atoms with Gasteiger partial charge >= 0.3 is 6.03 Å². The van der Waals surface area contributed by atoms with Crippen LogP contribution in [0.3, 0.4) is 0 Å². The molecule has 1 aromatic heterocycles. The smallest absolute Gasteiger partial charge is 0.322 e. The molecule has 0 saturated carbocycles. The van der Waals surface area contributed by atoms with Crippen molar-refractivity contribution in [1.29, 1.82) is 0 Å². The Morgan fingerprint density at radius 2 is 1.96 bits per heavy atom. The standard InChI is InChI=1S/C19H30N4O/c1-3-8-16-9-4-5-14-23(16)19(24)21-17-10-11-18(20-15(17)2)22-12-6-7-13-22/h10-11,16H,3-9,12-14H2,1-2H3,(H,21,24). The summed E-state index contributed by atoms with van der Waals surface area (Å²) in [5.74, 6) is 1.03. The summed E-state index contributed by atoms with van der Waals surface area (Å²) in [6.45, 7) is 7.22. The van der Waals surface area contributed by atoms with Gasteiger partial charge in [-0.1, -0.05) is 13.3 Å². The number of nitrogens with zero attached hydrogens (tertiary/aromatic N) is 3. The zero-order valence-electron chi connectivity index (χ0n) is 15.1. The van der Waals surface area contributed by atoms with Crippen LogP contribution in [0.4, 0.5) is 16.3 Å². The summed E-state index contributed by atoms with van der Waals surface area (Å²) in [4.78, 5) is 21.8. The molecule has 0 aliphatic carbocycles. The number of carbonyl (C=O) groups excluding carboxylic acids is 1.